The average Bonchev–Trinajstić information content (AvgIpc) is 2.70. The van der Waals surface area contributed by atoms with Gasteiger partial charge in [-0.05, 0) is 24.5 Å². The minimum atomic E-state index is 0. The zero-order valence-corrected chi connectivity index (χ0v) is 12.4. The van der Waals surface area contributed by atoms with Crippen molar-refractivity contribution >= 4 is 18.3 Å². The number of aromatic nitrogens is 1. The molecular formula is C13H24ClN3O. The van der Waals surface area contributed by atoms with Crippen molar-refractivity contribution in [1.82, 2.24) is 9.47 Å². The van der Waals surface area contributed by atoms with Crippen molar-refractivity contribution in [3.8, 4) is 0 Å². The zero-order chi connectivity index (χ0) is 13.0. The Hall–Kier alpha value is -1.00. The molecule has 0 aliphatic carbocycles. The Morgan fingerprint density at radius 1 is 1.50 bits per heavy atom. The molecule has 0 aliphatic heterocycles. The van der Waals surface area contributed by atoms with Gasteiger partial charge in [0.2, 0.25) is 0 Å². The lowest BCUT2D eigenvalue weighted by Crippen LogP contribution is -2.35. The molecule has 0 aromatic carbocycles. The Bertz CT molecular complexity index is 376. The van der Waals surface area contributed by atoms with Crippen molar-refractivity contribution in [1.29, 1.82) is 0 Å². The first-order valence-electron chi connectivity index (χ1n) is 6.06. The maximum atomic E-state index is 12.1. The van der Waals surface area contributed by atoms with Crippen LogP contribution in [0, 0.1) is 5.92 Å². The van der Waals surface area contributed by atoms with Gasteiger partial charge in [-0.25, -0.2) is 0 Å². The molecule has 2 N–H and O–H groups in total. The van der Waals surface area contributed by atoms with Gasteiger partial charge in [0.25, 0.3) is 5.91 Å². The lowest BCUT2D eigenvalue weighted by Gasteiger charge is -2.21. The molecule has 4 nitrogen and oxygen atoms in total. The molecule has 0 fully saturated rings. The standard InChI is InChI=1S/C13H23N3O.ClH/c1-10(2)11(14)7-9-16(4)13(17)12-6-5-8-15(12)3;/h5-6,8,10-11H,7,9,14H2,1-4H3;1H. The zero-order valence-electron chi connectivity index (χ0n) is 11.6. The van der Waals surface area contributed by atoms with Gasteiger partial charge in [-0.2, -0.15) is 0 Å². The molecule has 1 aromatic rings. The molecule has 18 heavy (non-hydrogen) atoms. The van der Waals surface area contributed by atoms with Gasteiger partial charge >= 0.3 is 0 Å². The smallest absolute Gasteiger partial charge is 0.270 e. The van der Waals surface area contributed by atoms with E-state index in [1.54, 1.807) is 4.90 Å². The number of carbonyl (C=O) groups excluding carboxylic acids is 1. The third kappa shape index (κ3) is 4.35. The van der Waals surface area contributed by atoms with Crippen LogP contribution in [0.15, 0.2) is 18.3 Å². The quantitative estimate of drug-likeness (QED) is 0.891. The van der Waals surface area contributed by atoms with Crippen LogP contribution in [0.4, 0.5) is 0 Å². The number of hydrogen-bond acceptors (Lipinski definition) is 2. The molecule has 1 amide bonds. The number of rotatable bonds is 5. The van der Waals surface area contributed by atoms with Crippen molar-refractivity contribution in [3.05, 3.63) is 24.0 Å². The number of aryl methyl sites for hydroxylation is 1. The molecule has 0 saturated heterocycles. The van der Waals surface area contributed by atoms with E-state index < -0.39 is 0 Å². The Balaban J connectivity index is 0.00000289. The second-order valence-electron chi connectivity index (χ2n) is 4.93. The molecule has 1 heterocycles. The van der Waals surface area contributed by atoms with E-state index in [0.29, 0.717) is 18.2 Å². The van der Waals surface area contributed by atoms with Crippen LogP contribution in [0.1, 0.15) is 30.8 Å². The summed E-state index contributed by atoms with van der Waals surface area (Å²) < 4.78 is 1.83. The normalized spacial score (nSPS) is 12.1. The highest BCUT2D eigenvalue weighted by Crippen LogP contribution is 2.07. The first-order valence-corrected chi connectivity index (χ1v) is 6.06. The molecule has 0 aliphatic rings. The van der Waals surface area contributed by atoms with E-state index in [0.717, 1.165) is 6.42 Å². The van der Waals surface area contributed by atoms with E-state index in [9.17, 15) is 4.79 Å². The Labute approximate surface area is 116 Å². The second-order valence-corrected chi connectivity index (χ2v) is 4.93. The highest BCUT2D eigenvalue weighted by molar-refractivity contribution is 5.92. The first kappa shape index (κ1) is 17.0. The minimum absolute atomic E-state index is 0. The maximum absolute atomic E-state index is 12.1. The first-order chi connectivity index (χ1) is 7.93. The highest BCUT2D eigenvalue weighted by Gasteiger charge is 2.15. The molecule has 104 valence electrons. The van der Waals surface area contributed by atoms with E-state index in [1.807, 2.05) is 37.0 Å². The summed E-state index contributed by atoms with van der Waals surface area (Å²) in [7, 11) is 3.70. The fraction of sp³-hybridized carbons (Fsp3) is 0.615. The minimum Gasteiger partial charge on any atom is -0.347 e. The third-order valence-electron chi connectivity index (χ3n) is 3.16. The monoisotopic (exact) mass is 273 g/mol. The van der Waals surface area contributed by atoms with E-state index >= 15 is 0 Å². The van der Waals surface area contributed by atoms with Gasteiger partial charge in [-0.15, -0.1) is 12.4 Å². The molecule has 0 radical (unpaired) electrons. The average molecular weight is 274 g/mol. The summed E-state index contributed by atoms with van der Waals surface area (Å²) in [5.41, 5.74) is 6.68. The maximum Gasteiger partial charge on any atom is 0.270 e. The number of halogens is 1. The number of nitrogens with two attached hydrogens (primary N) is 1. The Morgan fingerprint density at radius 2 is 2.11 bits per heavy atom. The van der Waals surface area contributed by atoms with Crippen molar-refractivity contribution in [2.45, 2.75) is 26.3 Å². The predicted molar refractivity (Wildman–Crippen MR) is 77.1 cm³/mol. The largest absolute Gasteiger partial charge is 0.347 e. The van der Waals surface area contributed by atoms with Gasteiger partial charge in [0.05, 0.1) is 0 Å². The lowest BCUT2D eigenvalue weighted by molar-refractivity contribution is 0.0780. The summed E-state index contributed by atoms with van der Waals surface area (Å²) in [6, 6.07) is 3.86. The molecule has 1 unspecified atom stereocenters. The molecule has 1 rings (SSSR count). The second kappa shape index (κ2) is 7.44. The van der Waals surface area contributed by atoms with E-state index in [2.05, 4.69) is 13.8 Å². The molecule has 0 bridgehead atoms. The number of amides is 1. The fourth-order valence-electron chi connectivity index (χ4n) is 1.66. The summed E-state index contributed by atoms with van der Waals surface area (Å²) in [6.07, 6.45) is 2.71. The van der Waals surface area contributed by atoms with Crippen LogP contribution in [0.3, 0.4) is 0 Å². The van der Waals surface area contributed by atoms with Crippen LogP contribution in [-0.2, 0) is 7.05 Å². The third-order valence-corrected chi connectivity index (χ3v) is 3.16. The molecule has 0 saturated carbocycles. The van der Waals surface area contributed by atoms with Gasteiger partial charge in [-0.1, -0.05) is 13.8 Å². The van der Waals surface area contributed by atoms with E-state index in [1.165, 1.54) is 0 Å². The van der Waals surface area contributed by atoms with Crippen LogP contribution in [-0.4, -0.2) is 35.0 Å². The van der Waals surface area contributed by atoms with Gasteiger partial charge in [-0.3, -0.25) is 4.79 Å². The van der Waals surface area contributed by atoms with Crippen LogP contribution in [0.5, 0.6) is 0 Å². The summed E-state index contributed by atoms with van der Waals surface area (Å²) in [6.45, 7) is 4.90. The van der Waals surface area contributed by atoms with Gasteiger partial charge < -0.3 is 15.2 Å². The molecule has 1 atom stereocenters. The lowest BCUT2D eigenvalue weighted by atomic mass is 10.0. The van der Waals surface area contributed by atoms with Crippen molar-refractivity contribution in [3.63, 3.8) is 0 Å². The van der Waals surface area contributed by atoms with Crippen molar-refractivity contribution in [2.24, 2.45) is 18.7 Å². The van der Waals surface area contributed by atoms with Crippen LogP contribution < -0.4 is 5.73 Å². The van der Waals surface area contributed by atoms with Crippen molar-refractivity contribution < 1.29 is 4.79 Å². The van der Waals surface area contributed by atoms with E-state index in [-0.39, 0.29) is 24.4 Å². The molecule has 0 spiro atoms. The van der Waals surface area contributed by atoms with Crippen LogP contribution in [0.25, 0.3) is 0 Å². The summed E-state index contributed by atoms with van der Waals surface area (Å²) >= 11 is 0. The van der Waals surface area contributed by atoms with Crippen LogP contribution in [0.2, 0.25) is 0 Å². The predicted octanol–water partition coefficient (Wildman–Crippen LogP) is 1.89. The molecule has 5 heteroatoms. The summed E-state index contributed by atoms with van der Waals surface area (Å²) in [5.74, 6) is 0.502. The summed E-state index contributed by atoms with van der Waals surface area (Å²) in [4.78, 5) is 13.8. The highest BCUT2D eigenvalue weighted by atomic mass is 35.5. The van der Waals surface area contributed by atoms with Gasteiger partial charge in [0.15, 0.2) is 0 Å². The topological polar surface area (TPSA) is 51.3 Å². The summed E-state index contributed by atoms with van der Waals surface area (Å²) in [5, 5.41) is 0. The fourth-order valence-corrected chi connectivity index (χ4v) is 1.66. The van der Waals surface area contributed by atoms with Gasteiger partial charge in [0, 0.05) is 32.9 Å². The Morgan fingerprint density at radius 3 is 2.56 bits per heavy atom. The Kier molecular flexibility index (Phi) is 7.02. The van der Waals surface area contributed by atoms with E-state index in [4.69, 9.17) is 5.73 Å². The number of nitrogens with zero attached hydrogens (tertiary/aromatic N) is 2. The number of hydrogen-bond donors (Lipinski definition) is 1. The van der Waals surface area contributed by atoms with Gasteiger partial charge in [0.1, 0.15) is 5.69 Å². The molecular weight excluding hydrogens is 250 g/mol. The number of carbonyl (C=O) groups is 1. The van der Waals surface area contributed by atoms with Crippen molar-refractivity contribution in [2.75, 3.05) is 13.6 Å². The SMILES string of the molecule is CC(C)C(N)CCN(C)C(=O)c1cccn1C.Cl. The van der Waals surface area contributed by atoms with Crippen LogP contribution >= 0.6 is 12.4 Å². The molecule has 1 aromatic heterocycles.